The molecule has 0 saturated carbocycles. The zero-order valence-electron chi connectivity index (χ0n) is 18.2. The third-order valence-electron chi connectivity index (χ3n) is 4.69. The van der Waals surface area contributed by atoms with Crippen molar-refractivity contribution in [2.75, 3.05) is 6.54 Å². The Morgan fingerprint density at radius 3 is 2.29 bits per heavy atom. The first kappa shape index (κ1) is 25.1. The van der Waals surface area contributed by atoms with Crippen LogP contribution in [0.15, 0.2) is 54.7 Å². The summed E-state index contributed by atoms with van der Waals surface area (Å²) in [5.74, 6) is -0.370. The molecule has 0 radical (unpaired) electrons. The molecule has 1 N–H and O–H groups in total. The maximum atomic E-state index is 13.8. The van der Waals surface area contributed by atoms with Crippen molar-refractivity contribution in [2.45, 2.75) is 38.7 Å². The zero-order chi connectivity index (χ0) is 25.1. The van der Waals surface area contributed by atoms with Crippen LogP contribution in [0.1, 0.15) is 41.0 Å². The Balaban J connectivity index is 1.77. The van der Waals surface area contributed by atoms with Crippen LogP contribution >= 0.6 is 0 Å². The van der Waals surface area contributed by atoms with Crippen LogP contribution in [-0.2, 0) is 18.8 Å². The minimum atomic E-state index is -5.04. The summed E-state index contributed by atoms with van der Waals surface area (Å²) in [7, 11) is 0. The maximum absolute atomic E-state index is 13.8. The molecule has 34 heavy (non-hydrogen) atoms. The van der Waals surface area contributed by atoms with Crippen molar-refractivity contribution < 1.29 is 35.9 Å². The predicted octanol–water partition coefficient (Wildman–Crippen LogP) is 5.67. The molecule has 0 aliphatic rings. The quantitative estimate of drug-likeness (QED) is 0.439. The van der Waals surface area contributed by atoms with Crippen LogP contribution in [0, 0.1) is 0 Å². The van der Waals surface area contributed by atoms with Gasteiger partial charge in [-0.25, -0.2) is 4.68 Å². The van der Waals surface area contributed by atoms with Gasteiger partial charge in [0.1, 0.15) is 5.75 Å². The molecule has 0 unspecified atom stereocenters. The van der Waals surface area contributed by atoms with Crippen LogP contribution in [0.25, 0.3) is 5.69 Å². The first-order chi connectivity index (χ1) is 15.9. The number of benzene rings is 2. The van der Waals surface area contributed by atoms with Gasteiger partial charge >= 0.3 is 12.4 Å². The minimum absolute atomic E-state index is 0.00446. The number of amides is 1. The zero-order valence-corrected chi connectivity index (χ0v) is 18.2. The Morgan fingerprint density at radius 1 is 1.03 bits per heavy atom. The van der Waals surface area contributed by atoms with Crippen molar-refractivity contribution in [1.29, 1.82) is 0 Å². The summed E-state index contributed by atoms with van der Waals surface area (Å²) in [5, 5.41) is 5.95. The van der Waals surface area contributed by atoms with E-state index in [2.05, 4.69) is 10.4 Å². The topological polar surface area (TPSA) is 56.1 Å². The monoisotopic (exact) mass is 485 g/mol. The SMILES string of the molecule is CC(C)Oc1ccc(CCNC(=O)c2cnn(-c3cccc(C(F)(F)F)c3)c2C(F)(F)F)cc1. The van der Waals surface area contributed by atoms with Gasteiger partial charge in [-0.05, 0) is 56.2 Å². The second kappa shape index (κ2) is 9.78. The highest BCUT2D eigenvalue weighted by Gasteiger charge is 2.41. The average Bonchev–Trinajstić information content (AvgIpc) is 3.20. The lowest BCUT2D eigenvalue weighted by molar-refractivity contribution is -0.143. The van der Waals surface area contributed by atoms with Crippen molar-refractivity contribution in [1.82, 2.24) is 15.1 Å². The molecule has 5 nitrogen and oxygen atoms in total. The van der Waals surface area contributed by atoms with Crippen LogP contribution in [0.2, 0.25) is 0 Å². The first-order valence-electron chi connectivity index (χ1n) is 10.2. The van der Waals surface area contributed by atoms with Crippen molar-refractivity contribution in [2.24, 2.45) is 0 Å². The van der Waals surface area contributed by atoms with E-state index < -0.39 is 40.8 Å². The smallest absolute Gasteiger partial charge is 0.434 e. The largest absolute Gasteiger partial charge is 0.491 e. The minimum Gasteiger partial charge on any atom is -0.491 e. The van der Waals surface area contributed by atoms with Gasteiger partial charge in [0.15, 0.2) is 5.69 Å². The van der Waals surface area contributed by atoms with Crippen LogP contribution in [-0.4, -0.2) is 28.3 Å². The number of nitrogens with zero attached hydrogens (tertiary/aromatic N) is 2. The molecule has 1 heterocycles. The van der Waals surface area contributed by atoms with Gasteiger partial charge in [0.05, 0.1) is 29.1 Å². The third kappa shape index (κ3) is 6.09. The highest BCUT2D eigenvalue weighted by atomic mass is 19.4. The number of nitrogens with one attached hydrogen (secondary N) is 1. The summed E-state index contributed by atoms with van der Waals surface area (Å²) in [4.78, 5) is 12.5. The van der Waals surface area contributed by atoms with Crippen LogP contribution in [0.4, 0.5) is 26.3 Å². The Hall–Kier alpha value is -3.50. The van der Waals surface area contributed by atoms with E-state index in [1.54, 1.807) is 24.3 Å². The molecule has 3 rings (SSSR count). The number of hydrogen-bond acceptors (Lipinski definition) is 3. The lowest BCUT2D eigenvalue weighted by atomic mass is 10.1. The molecule has 3 aromatic rings. The predicted molar refractivity (Wildman–Crippen MR) is 112 cm³/mol. The summed E-state index contributed by atoms with van der Waals surface area (Å²) < 4.78 is 86.1. The molecule has 0 bridgehead atoms. The molecule has 0 aliphatic carbocycles. The molecular formula is C23H21F6N3O2. The molecule has 0 aliphatic heterocycles. The fourth-order valence-electron chi connectivity index (χ4n) is 3.22. The van der Waals surface area contributed by atoms with E-state index in [1.807, 2.05) is 13.8 Å². The van der Waals surface area contributed by atoms with Crippen LogP contribution in [0.3, 0.4) is 0 Å². The molecule has 0 spiro atoms. The Kier molecular flexibility index (Phi) is 7.23. The number of carbonyl (C=O) groups excluding carboxylic acids is 1. The second-order valence-corrected chi connectivity index (χ2v) is 7.68. The van der Waals surface area contributed by atoms with Crippen molar-refractivity contribution >= 4 is 5.91 Å². The standard InChI is InChI=1S/C23H21F6N3O2/c1-14(2)34-18-8-6-15(7-9-18)10-11-30-21(33)19-13-31-32(20(19)23(27,28)29)17-5-3-4-16(12-17)22(24,25)26/h3-9,12-14H,10-11H2,1-2H3,(H,30,33). The molecule has 0 fully saturated rings. The van der Waals surface area contributed by atoms with Gasteiger partial charge in [0.25, 0.3) is 5.91 Å². The van der Waals surface area contributed by atoms with Gasteiger partial charge < -0.3 is 10.1 Å². The summed E-state index contributed by atoms with van der Waals surface area (Å²) >= 11 is 0. The van der Waals surface area contributed by atoms with Crippen molar-refractivity contribution in [3.05, 3.63) is 77.1 Å². The number of alkyl halides is 6. The first-order valence-corrected chi connectivity index (χ1v) is 10.2. The van der Waals surface area contributed by atoms with E-state index in [-0.39, 0.29) is 17.3 Å². The molecule has 2 aromatic carbocycles. The van der Waals surface area contributed by atoms with Crippen molar-refractivity contribution in [3.63, 3.8) is 0 Å². The summed E-state index contributed by atoms with van der Waals surface area (Å²) in [6.45, 7) is 3.80. The molecule has 0 atom stereocenters. The molecular weight excluding hydrogens is 464 g/mol. The number of ether oxygens (including phenoxy) is 1. The van der Waals surface area contributed by atoms with Gasteiger partial charge in [-0.15, -0.1) is 0 Å². The van der Waals surface area contributed by atoms with E-state index in [1.165, 1.54) is 0 Å². The van der Waals surface area contributed by atoms with Gasteiger partial charge in [0.2, 0.25) is 0 Å². The fraction of sp³-hybridized carbons (Fsp3) is 0.304. The highest BCUT2D eigenvalue weighted by molar-refractivity contribution is 5.95. The highest BCUT2D eigenvalue weighted by Crippen LogP contribution is 2.35. The second-order valence-electron chi connectivity index (χ2n) is 7.68. The lowest BCUT2D eigenvalue weighted by Crippen LogP contribution is -2.28. The van der Waals surface area contributed by atoms with E-state index in [9.17, 15) is 31.1 Å². The van der Waals surface area contributed by atoms with Crippen LogP contribution in [0.5, 0.6) is 5.75 Å². The average molecular weight is 485 g/mol. The van der Waals surface area contributed by atoms with Gasteiger partial charge in [0, 0.05) is 6.54 Å². The number of carbonyl (C=O) groups is 1. The number of aromatic nitrogens is 2. The Labute approximate surface area is 191 Å². The van der Waals surface area contributed by atoms with E-state index in [0.29, 0.717) is 24.4 Å². The molecule has 182 valence electrons. The number of halogens is 6. The summed E-state index contributed by atoms with van der Waals surface area (Å²) in [6.07, 6.45) is -8.75. The normalized spacial score (nSPS) is 12.1. The Bertz CT molecular complexity index is 1130. The molecule has 1 aromatic heterocycles. The van der Waals surface area contributed by atoms with Gasteiger partial charge in [-0.3, -0.25) is 4.79 Å². The molecule has 0 saturated heterocycles. The van der Waals surface area contributed by atoms with E-state index in [0.717, 1.165) is 23.8 Å². The Morgan fingerprint density at radius 2 is 1.71 bits per heavy atom. The maximum Gasteiger partial charge on any atom is 0.434 e. The molecule has 1 amide bonds. The summed E-state index contributed by atoms with van der Waals surface area (Å²) in [6, 6.07) is 10.3. The van der Waals surface area contributed by atoms with E-state index in [4.69, 9.17) is 4.74 Å². The lowest BCUT2D eigenvalue weighted by Gasteiger charge is -2.14. The van der Waals surface area contributed by atoms with Gasteiger partial charge in [-0.1, -0.05) is 18.2 Å². The van der Waals surface area contributed by atoms with Crippen LogP contribution < -0.4 is 10.1 Å². The van der Waals surface area contributed by atoms with E-state index >= 15 is 0 Å². The third-order valence-corrected chi connectivity index (χ3v) is 4.69. The molecule has 11 heteroatoms. The van der Waals surface area contributed by atoms with Crippen molar-refractivity contribution in [3.8, 4) is 11.4 Å². The summed E-state index contributed by atoms with van der Waals surface area (Å²) in [5.41, 5.74) is -3.02. The van der Waals surface area contributed by atoms with Gasteiger partial charge in [-0.2, -0.15) is 31.4 Å². The number of hydrogen-bond donors (Lipinski definition) is 1. The number of rotatable bonds is 7. The fourth-order valence-corrected chi connectivity index (χ4v) is 3.22.